The van der Waals surface area contributed by atoms with Crippen molar-refractivity contribution in [1.82, 2.24) is 4.98 Å². The minimum Gasteiger partial charge on any atom is -0.438 e. The third-order valence-electron chi connectivity index (χ3n) is 2.83. The minimum absolute atomic E-state index is 0.0133. The summed E-state index contributed by atoms with van der Waals surface area (Å²) in [6.07, 6.45) is 1.63. The van der Waals surface area contributed by atoms with Crippen LogP contribution in [0.15, 0.2) is 30.5 Å². The molecule has 6 heteroatoms. The van der Waals surface area contributed by atoms with E-state index in [1.165, 1.54) is 12.1 Å². The number of hydrogen-bond donors (Lipinski definition) is 0. The highest BCUT2D eigenvalue weighted by atomic mass is 35.5. The van der Waals surface area contributed by atoms with Gasteiger partial charge >= 0.3 is 0 Å². The Labute approximate surface area is 121 Å². The van der Waals surface area contributed by atoms with Crippen LogP contribution in [0.1, 0.15) is 16.7 Å². The predicted molar refractivity (Wildman–Crippen MR) is 76.4 cm³/mol. The number of hydrogen-bond acceptors (Lipinski definition) is 4. The molecule has 0 spiro atoms. The molecule has 0 bridgehead atoms. The van der Waals surface area contributed by atoms with Crippen LogP contribution in [-0.4, -0.2) is 9.91 Å². The van der Waals surface area contributed by atoms with E-state index in [1.54, 1.807) is 12.3 Å². The Bertz CT molecular complexity index is 659. The molecule has 0 N–H and O–H groups in total. The Hall–Kier alpha value is -2.14. The van der Waals surface area contributed by atoms with Gasteiger partial charge < -0.3 is 4.74 Å². The van der Waals surface area contributed by atoms with Crippen LogP contribution in [-0.2, 0) is 5.88 Å². The molecule has 5 nitrogen and oxygen atoms in total. The third kappa shape index (κ3) is 3.05. The van der Waals surface area contributed by atoms with E-state index >= 15 is 0 Å². The van der Waals surface area contributed by atoms with E-state index < -0.39 is 4.92 Å². The van der Waals surface area contributed by atoms with Crippen molar-refractivity contribution in [3.63, 3.8) is 0 Å². The van der Waals surface area contributed by atoms with Crippen molar-refractivity contribution in [3.05, 3.63) is 57.3 Å². The maximum absolute atomic E-state index is 10.8. The molecular formula is C14H13ClN2O3. The van der Waals surface area contributed by atoms with E-state index in [2.05, 4.69) is 4.98 Å². The lowest BCUT2D eigenvalue weighted by Crippen LogP contribution is -1.96. The summed E-state index contributed by atoms with van der Waals surface area (Å²) in [5.74, 6) is 1.22. The largest absolute Gasteiger partial charge is 0.438 e. The fourth-order valence-electron chi connectivity index (χ4n) is 1.72. The Balaban J connectivity index is 2.34. The summed E-state index contributed by atoms with van der Waals surface area (Å²) in [5, 5.41) is 10.8. The lowest BCUT2D eigenvalue weighted by atomic mass is 10.2. The van der Waals surface area contributed by atoms with Gasteiger partial charge in [-0.3, -0.25) is 10.1 Å². The number of ether oxygens (including phenoxy) is 1. The topological polar surface area (TPSA) is 65.3 Å². The van der Waals surface area contributed by atoms with Gasteiger partial charge in [0, 0.05) is 23.7 Å². The number of non-ortho nitro benzene ring substituents is 1. The van der Waals surface area contributed by atoms with Gasteiger partial charge in [-0.15, -0.1) is 11.6 Å². The first kappa shape index (κ1) is 14.3. The second-order valence-electron chi connectivity index (χ2n) is 4.41. The highest BCUT2D eigenvalue weighted by Crippen LogP contribution is 2.29. The van der Waals surface area contributed by atoms with E-state index in [0.717, 1.165) is 16.7 Å². The summed E-state index contributed by atoms with van der Waals surface area (Å²) in [4.78, 5) is 14.5. The fourth-order valence-corrected chi connectivity index (χ4v) is 1.86. The molecule has 0 aliphatic rings. The van der Waals surface area contributed by atoms with Gasteiger partial charge in [0.05, 0.1) is 11.0 Å². The summed E-state index contributed by atoms with van der Waals surface area (Å²) >= 11 is 5.74. The second-order valence-corrected chi connectivity index (χ2v) is 4.68. The van der Waals surface area contributed by atoms with Crippen molar-refractivity contribution in [2.24, 2.45) is 0 Å². The van der Waals surface area contributed by atoms with Crippen LogP contribution >= 0.6 is 11.6 Å². The molecule has 104 valence electrons. The Morgan fingerprint density at radius 1 is 1.30 bits per heavy atom. The average molecular weight is 293 g/mol. The maximum atomic E-state index is 10.8. The lowest BCUT2D eigenvalue weighted by molar-refractivity contribution is -0.384. The van der Waals surface area contributed by atoms with Crippen LogP contribution in [0.4, 0.5) is 5.69 Å². The molecule has 0 aliphatic heterocycles. The second kappa shape index (κ2) is 5.88. The number of nitro benzene ring substituents is 1. The number of nitrogens with zero attached hydrogens (tertiary/aromatic N) is 2. The van der Waals surface area contributed by atoms with E-state index in [9.17, 15) is 10.1 Å². The minimum atomic E-state index is -0.455. The van der Waals surface area contributed by atoms with Gasteiger partial charge in [-0.1, -0.05) is 0 Å². The summed E-state index contributed by atoms with van der Waals surface area (Å²) in [6, 6.07) is 6.36. The number of nitro groups is 1. The molecule has 0 saturated heterocycles. The smallest absolute Gasteiger partial charge is 0.273 e. The molecule has 2 rings (SSSR count). The third-order valence-corrected chi connectivity index (χ3v) is 3.14. The van der Waals surface area contributed by atoms with Gasteiger partial charge in [0.25, 0.3) is 5.69 Å². The van der Waals surface area contributed by atoms with E-state index in [-0.39, 0.29) is 5.69 Å². The van der Waals surface area contributed by atoms with Crippen LogP contribution in [0.25, 0.3) is 0 Å². The van der Waals surface area contributed by atoms with Gasteiger partial charge in [-0.25, -0.2) is 4.98 Å². The van der Waals surface area contributed by atoms with Gasteiger partial charge in [0.1, 0.15) is 5.75 Å². The zero-order chi connectivity index (χ0) is 14.7. The summed E-state index contributed by atoms with van der Waals surface area (Å²) in [5.41, 5.74) is 2.51. The van der Waals surface area contributed by atoms with Crippen molar-refractivity contribution in [2.45, 2.75) is 19.7 Å². The van der Waals surface area contributed by atoms with Crippen LogP contribution in [0.3, 0.4) is 0 Å². The molecule has 1 aromatic carbocycles. The number of aryl methyl sites for hydroxylation is 2. The molecule has 0 radical (unpaired) electrons. The molecule has 0 atom stereocenters. The van der Waals surface area contributed by atoms with Crippen molar-refractivity contribution >= 4 is 17.3 Å². The number of rotatable bonds is 4. The van der Waals surface area contributed by atoms with Gasteiger partial charge in [0.15, 0.2) is 0 Å². The monoisotopic (exact) mass is 292 g/mol. The number of benzene rings is 1. The molecule has 0 amide bonds. The van der Waals surface area contributed by atoms with Crippen molar-refractivity contribution in [2.75, 3.05) is 0 Å². The zero-order valence-corrected chi connectivity index (χ0v) is 11.8. The summed E-state index contributed by atoms with van der Waals surface area (Å²) in [7, 11) is 0. The maximum Gasteiger partial charge on any atom is 0.273 e. The first-order valence-corrected chi connectivity index (χ1v) is 6.49. The number of pyridine rings is 1. The van der Waals surface area contributed by atoms with Crippen LogP contribution in [0, 0.1) is 24.0 Å². The van der Waals surface area contributed by atoms with E-state index in [1.807, 2.05) is 19.9 Å². The first-order valence-electron chi connectivity index (χ1n) is 5.95. The molecule has 0 fully saturated rings. The number of alkyl halides is 1. The van der Waals surface area contributed by atoms with E-state index in [0.29, 0.717) is 17.5 Å². The predicted octanol–water partition coefficient (Wildman–Crippen LogP) is 4.14. The standard InChI is InChI=1S/C14H13ClN2O3/c1-9-3-4-12(17(18)19)6-13(9)20-14-10(2)5-11(7-15)8-16-14/h3-6,8H,7H2,1-2H3. The van der Waals surface area contributed by atoms with Gasteiger partial charge in [-0.2, -0.15) is 0 Å². The van der Waals surface area contributed by atoms with Crippen LogP contribution in [0.2, 0.25) is 0 Å². The number of halogens is 1. The molecule has 1 aromatic heterocycles. The summed E-state index contributed by atoms with van der Waals surface area (Å²) in [6.45, 7) is 3.67. The van der Waals surface area contributed by atoms with Gasteiger partial charge in [0.2, 0.25) is 5.88 Å². The van der Waals surface area contributed by atoms with E-state index in [4.69, 9.17) is 16.3 Å². The molecular weight excluding hydrogens is 280 g/mol. The first-order chi connectivity index (χ1) is 9.51. The van der Waals surface area contributed by atoms with Gasteiger partial charge in [-0.05, 0) is 37.1 Å². The highest BCUT2D eigenvalue weighted by molar-refractivity contribution is 6.17. The Morgan fingerprint density at radius 2 is 2.05 bits per heavy atom. The fraction of sp³-hybridized carbons (Fsp3) is 0.214. The Kier molecular flexibility index (Phi) is 4.20. The van der Waals surface area contributed by atoms with Crippen LogP contribution < -0.4 is 4.74 Å². The quantitative estimate of drug-likeness (QED) is 0.482. The lowest BCUT2D eigenvalue weighted by Gasteiger charge is -2.10. The molecule has 0 saturated carbocycles. The SMILES string of the molecule is Cc1ccc([N+](=O)[O-])cc1Oc1ncc(CCl)cc1C. The molecule has 2 aromatic rings. The van der Waals surface area contributed by atoms with Crippen molar-refractivity contribution in [3.8, 4) is 11.6 Å². The average Bonchev–Trinajstić information content (AvgIpc) is 2.42. The zero-order valence-electron chi connectivity index (χ0n) is 11.1. The van der Waals surface area contributed by atoms with Crippen LogP contribution in [0.5, 0.6) is 11.6 Å². The number of aromatic nitrogens is 1. The van der Waals surface area contributed by atoms with Crippen molar-refractivity contribution < 1.29 is 9.66 Å². The van der Waals surface area contributed by atoms with Crippen molar-refractivity contribution in [1.29, 1.82) is 0 Å². The Morgan fingerprint density at radius 3 is 2.65 bits per heavy atom. The molecule has 0 unspecified atom stereocenters. The molecule has 20 heavy (non-hydrogen) atoms. The molecule has 0 aliphatic carbocycles. The summed E-state index contributed by atoms with van der Waals surface area (Å²) < 4.78 is 5.67. The normalized spacial score (nSPS) is 10.3. The molecule has 1 heterocycles. The highest BCUT2D eigenvalue weighted by Gasteiger charge is 2.12.